The van der Waals surface area contributed by atoms with E-state index in [2.05, 4.69) is 9.82 Å². The molecule has 3 rings (SSSR count). The van der Waals surface area contributed by atoms with Gasteiger partial charge in [0.05, 0.1) is 16.1 Å². The summed E-state index contributed by atoms with van der Waals surface area (Å²) in [6.45, 7) is -0.0276. The number of hydrogen-bond donors (Lipinski definition) is 1. The Hall–Kier alpha value is -2.98. The van der Waals surface area contributed by atoms with Crippen LogP contribution < -0.4 is 4.72 Å². The highest BCUT2D eigenvalue weighted by atomic mass is 32.2. The van der Waals surface area contributed by atoms with Crippen molar-refractivity contribution < 1.29 is 17.8 Å². The minimum absolute atomic E-state index is 0.0276. The molecule has 130 valence electrons. The summed E-state index contributed by atoms with van der Waals surface area (Å²) in [6, 6.07) is 9.50. The van der Waals surface area contributed by atoms with Crippen LogP contribution >= 0.6 is 0 Å². The summed E-state index contributed by atoms with van der Waals surface area (Å²) in [5, 5.41) is 14.9. The minimum Gasteiger partial charge on any atom is -0.467 e. The van der Waals surface area contributed by atoms with Crippen LogP contribution in [0.4, 0.5) is 5.69 Å². The van der Waals surface area contributed by atoms with Crippen LogP contribution in [0.15, 0.2) is 70.4 Å². The topological polar surface area (TPSA) is 120 Å². The zero-order chi connectivity index (χ0) is 17.9. The van der Waals surface area contributed by atoms with Gasteiger partial charge in [0.25, 0.3) is 5.69 Å². The Morgan fingerprint density at radius 1 is 1.28 bits per heavy atom. The molecule has 2 heterocycles. The lowest BCUT2D eigenvalue weighted by molar-refractivity contribution is -0.385. The average molecular weight is 362 g/mol. The van der Waals surface area contributed by atoms with E-state index in [1.54, 1.807) is 35.3 Å². The van der Waals surface area contributed by atoms with Crippen molar-refractivity contribution in [3.05, 3.63) is 77.0 Å². The zero-order valence-corrected chi connectivity index (χ0v) is 13.7. The van der Waals surface area contributed by atoms with Crippen molar-refractivity contribution in [1.82, 2.24) is 14.5 Å². The monoisotopic (exact) mass is 362 g/mol. The first-order valence-electron chi connectivity index (χ1n) is 7.24. The second kappa shape index (κ2) is 6.87. The second-order valence-electron chi connectivity index (χ2n) is 5.12. The Morgan fingerprint density at radius 3 is 2.76 bits per heavy atom. The SMILES string of the molecule is O=[N+]([O-])c1cccc(S(=O)(=O)NCC(c2ccco2)n2cccn2)c1. The Kier molecular flexibility index (Phi) is 4.63. The van der Waals surface area contributed by atoms with Gasteiger partial charge in [-0.2, -0.15) is 5.10 Å². The quantitative estimate of drug-likeness (QED) is 0.506. The lowest BCUT2D eigenvalue weighted by atomic mass is 10.2. The van der Waals surface area contributed by atoms with Crippen molar-refractivity contribution in [2.45, 2.75) is 10.9 Å². The van der Waals surface area contributed by atoms with E-state index in [-0.39, 0.29) is 17.1 Å². The van der Waals surface area contributed by atoms with Gasteiger partial charge in [0.1, 0.15) is 11.8 Å². The summed E-state index contributed by atoms with van der Waals surface area (Å²) < 4.78 is 34.3. The van der Waals surface area contributed by atoms with Gasteiger partial charge in [0, 0.05) is 31.1 Å². The number of aromatic nitrogens is 2. The van der Waals surface area contributed by atoms with Crippen LogP contribution in [0, 0.1) is 10.1 Å². The number of nitrogens with one attached hydrogen (secondary N) is 1. The van der Waals surface area contributed by atoms with Gasteiger partial charge in [0.2, 0.25) is 10.0 Å². The smallest absolute Gasteiger partial charge is 0.270 e. The fourth-order valence-electron chi connectivity index (χ4n) is 2.31. The van der Waals surface area contributed by atoms with Crippen LogP contribution in [-0.4, -0.2) is 29.7 Å². The summed E-state index contributed by atoms with van der Waals surface area (Å²) in [5.41, 5.74) is -0.294. The molecule has 10 heteroatoms. The van der Waals surface area contributed by atoms with E-state index in [9.17, 15) is 18.5 Å². The molecule has 2 aromatic heterocycles. The molecule has 1 N–H and O–H groups in total. The van der Waals surface area contributed by atoms with E-state index < -0.39 is 21.0 Å². The van der Waals surface area contributed by atoms with Gasteiger partial charge in [-0.05, 0) is 24.3 Å². The van der Waals surface area contributed by atoms with Gasteiger partial charge >= 0.3 is 0 Å². The number of benzene rings is 1. The van der Waals surface area contributed by atoms with Crippen molar-refractivity contribution in [1.29, 1.82) is 0 Å². The predicted octanol–water partition coefficient (Wildman–Crippen LogP) is 1.95. The Bertz CT molecular complexity index is 917. The van der Waals surface area contributed by atoms with Crippen LogP contribution in [-0.2, 0) is 10.0 Å². The van der Waals surface area contributed by atoms with Crippen LogP contribution in [0.3, 0.4) is 0 Å². The highest BCUT2D eigenvalue weighted by Crippen LogP contribution is 2.20. The fourth-order valence-corrected chi connectivity index (χ4v) is 3.38. The number of nitrogens with zero attached hydrogens (tertiary/aromatic N) is 3. The average Bonchev–Trinajstić information content (AvgIpc) is 3.29. The van der Waals surface area contributed by atoms with Crippen LogP contribution in [0.25, 0.3) is 0 Å². The molecule has 0 spiro atoms. The number of furan rings is 1. The molecule has 0 aliphatic rings. The number of hydrogen-bond acceptors (Lipinski definition) is 6. The molecule has 0 fully saturated rings. The number of rotatable bonds is 7. The third-order valence-corrected chi connectivity index (χ3v) is 4.94. The summed E-state index contributed by atoms with van der Waals surface area (Å²) >= 11 is 0. The van der Waals surface area contributed by atoms with E-state index in [0.717, 1.165) is 6.07 Å². The summed E-state index contributed by atoms with van der Waals surface area (Å²) in [6.07, 6.45) is 4.75. The predicted molar refractivity (Wildman–Crippen MR) is 87.4 cm³/mol. The lowest BCUT2D eigenvalue weighted by Gasteiger charge is -2.16. The van der Waals surface area contributed by atoms with E-state index in [1.807, 2.05) is 0 Å². The maximum atomic E-state index is 12.5. The zero-order valence-electron chi connectivity index (χ0n) is 12.8. The van der Waals surface area contributed by atoms with E-state index in [4.69, 9.17) is 4.42 Å². The van der Waals surface area contributed by atoms with Gasteiger partial charge in [-0.15, -0.1) is 0 Å². The summed E-state index contributed by atoms with van der Waals surface area (Å²) in [7, 11) is -3.93. The molecule has 1 unspecified atom stereocenters. The maximum Gasteiger partial charge on any atom is 0.270 e. The molecular formula is C15H14N4O5S. The van der Waals surface area contributed by atoms with Gasteiger partial charge < -0.3 is 4.42 Å². The van der Waals surface area contributed by atoms with Crippen molar-refractivity contribution >= 4 is 15.7 Å². The Morgan fingerprint density at radius 2 is 2.12 bits per heavy atom. The number of non-ortho nitro benzene ring substituents is 1. The third kappa shape index (κ3) is 3.75. The van der Waals surface area contributed by atoms with Crippen molar-refractivity contribution in [2.75, 3.05) is 6.54 Å². The molecule has 0 amide bonds. The second-order valence-corrected chi connectivity index (χ2v) is 6.89. The van der Waals surface area contributed by atoms with Crippen molar-refractivity contribution in [3.63, 3.8) is 0 Å². The van der Waals surface area contributed by atoms with E-state index in [1.165, 1.54) is 24.5 Å². The highest BCUT2D eigenvalue weighted by Gasteiger charge is 2.22. The Labute approximate surface area is 143 Å². The number of sulfonamides is 1. The first-order chi connectivity index (χ1) is 12.0. The first-order valence-corrected chi connectivity index (χ1v) is 8.72. The number of nitro benzene ring substituents is 1. The molecule has 1 atom stereocenters. The molecular weight excluding hydrogens is 348 g/mol. The van der Waals surface area contributed by atoms with Crippen LogP contribution in [0.2, 0.25) is 0 Å². The first kappa shape index (κ1) is 16.9. The maximum absolute atomic E-state index is 12.5. The van der Waals surface area contributed by atoms with Crippen LogP contribution in [0.5, 0.6) is 0 Å². The lowest BCUT2D eigenvalue weighted by Crippen LogP contribution is -2.31. The molecule has 0 radical (unpaired) electrons. The molecule has 0 saturated heterocycles. The van der Waals surface area contributed by atoms with Gasteiger partial charge in [0.15, 0.2) is 0 Å². The largest absolute Gasteiger partial charge is 0.467 e. The molecule has 0 aliphatic carbocycles. The van der Waals surface area contributed by atoms with Crippen molar-refractivity contribution in [2.24, 2.45) is 0 Å². The molecule has 3 aromatic rings. The van der Waals surface area contributed by atoms with Gasteiger partial charge in [-0.3, -0.25) is 14.8 Å². The molecule has 0 saturated carbocycles. The van der Waals surface area contributed by atoms with E-state index >= 15 is 0 Å². The summed E-state index contributed by atoms with van der Waals surface area (Å²) in [5.74, 6) is 0.533. The fraction of sp³-hybridized carbons (Fsp3) is 0.133. The van der Waals surface area contributed by atoms with E-state index in [0.29, 0.717) is 5.76 Å². The molecule has 1 aromatic carbocycles. The highest BCUT2D eigenvalue weighted by molar-refractivity contribution is 7.89. The van der Waals surface area contributed by atoms with Crippen LogP contribution in [0.1, 0.15) is 11.8 Å². The minimum atomic E-state index is -3.93. The van der Waals surface area contributed by atoms with Gasteiger partial charge in [-0.1, -0.05) is 6.07 Å². The Balaban J connectivity index is 1.83. The molecule has 25 heavy (non-hydrogen) atoms. The standard InChI is InChI=1S/C15H14N4O5S/c20-19(21)12-4-1-5-13(10-12)25(22,23)17-11-14(15-6-2-9-24-15)18-8-3-7-16-18/h1-10,14,17H,11H2. The molecule has 0 bridgehead atoms. The summed E-state index contributed by atoms with van der Waals surface area (Å²) in [4.78, 5) is 10.00. The van der Waals surface area contributed by atoms with Crippen molar-refractivity contribution in [3.8, 4) is 0 Å². The molecule has 9 nitrogen and oxygen atoms in total. The third-order valence-electron chi connectivity index (χ3n) is 3.52. The number of nitro groups is 1. The van der Waals surface area contributed by atoms with Gasteiger partial charge in [-0.25, -0.2) is 13.1 Å². The molecule has 0 aliphatic heterocycles. The normalized spacial score (nSPS) is 12.8.